The van der Waals surface area contributed by atoms with Gasteiger partial charge in [-0.1, -0.05) is 30.0 Å². The first-order valence-electron chi connectivity index (χ1n) is 5.00. The minimum absolute atomic E-state index is 0.0227. The van der Waals surface area contributed by atoms with Gasteiger partial charge in [0.05, 0.1) is 18.1 Å². The van der Waals surface area contributed by atoms with Crippen LogP contribution in [0, 0.1) is 0 Å². The van der Waals surface area contributed by atoms with Gasteiger partial charge in [0, 0.05) is 12.0 Å². The van der Waals surface area contributed by atoms with E-state index < -0.39 is 0 Å². The SMILES string of the molecule is COCCN1C(=O)C(=Cc2cccs2)SC1=S. The number of hydrogen-bond donors (Lipinski definition) is 0. The Balaban J connectivity index is 2.13. The number of hydrogen-bond acceptors (Lipinski definition) is 5. The first-order chi connectivity index (χ1) is 8.22. The lowest BCUT2D eigenvalue weighted by Gasteiger charge is -2.12. The van der Waals surface area contributed by atoms with E-state index in [1.54, 1.807) is 23.3 Å². The average Bonchev–Trinajstić information content (AvgIpc) is 2.89. The maximum Gasteiger partial charge on any atom is 0.266 e. The highest BCUT2D eigenvalue weighted by molar-refractivity contribution is 8.26. The zero-order valence-electron chi connectivity index (χ0n) is 9.21. The van der Waals surface area contributed by atoms with E-state index in [0.717, 1.165) is 4.88 Å². The van der Waals surface area contributed by atoms with E-state index in [-0.39, 0.29) is 5.91 Å². The monoisotopic (exact) mass is 285 g/mol. The lowest BCUT2D eigenvalue weighted by atomic mass is 10.4. The van der Waals surface area contributed by atoms with E-state index in [9.17, 15) is 4.79 Å². The van der Waals surface area contributed by atoms with Gasteiger partial charge in [0.2, 0.25) is 0 Å². The molecule has 0 radical (unpaired) electrons. The second-order valence-corrected chi connectivity index (χ2v) is 6.00. The van der Waals surface area contributed by atoms with Crippen LogP contribution in [0.3, 0.4) is 0 Å². The van der Waals surface area contributed by atoms with Crippen molar-refractivity contribution in [3.63, 3.8) is 0 Å². The van der Waals surface area contributed by atoms with Crippen LogP contribution in [0.4, 0.5) is 0 Å². The molecule has 1 aromatic rings. The maximum atomic E-state index is 12.0. The van der Waals surface area contributed by atoms with Gasteiger partial charge in [-0.2, -0.15) is 0 Å². The zero-order valence-corrected chi connectivity index (χ0v) is 11.7. The molecular weight excluding hydrogens is 274 g/mol. The summed E-state index contributed by atoms with van der Waals surface area (Å²) in [5.41, 5.74) is 0. The lowest BCUT2D eigenvalue weighted by Crippen LogP contribution is -2.31. The van der Waals surface area contributed by atoms with Gasteiger partial charge in [0.1, 0.15) is 4.32 Å². The second kappa shape index (κ2) is 5.77. The number of rotatable bonds is 4. The highest BCUT2D eigenvalue weighted by atomic mass is 32.2. The van der Waals surface area contributed by atoms with Crippen LogP contribution in [0.5, 0.6) is 0 Å². The van der Waals surface area contributed by atoms with Crippen molar-refractivity contribution in [3.05, 3.63) is 27.3 Å². The van der Waals surface area contributed by atoms with Gasteiger partial charge in [-0.15, -0.1) is 11.3 Å². The molecule has 2 rings (SSSR count). The molecule has 0 unspecified atom stereocenters. The number of thiocarbonyl (C=S) groups is 1. The standard InChI is InChI=1S/C11H11NO2S3/c1-14-5-4-12-10(13)9(17-11(12)15)7-8-3-2-6-16-8/h2-3,6-7H,4-5H2,1H3. The number of methoxy groups -OCH3 is 1. The van der Waals surface area contributed by atoms with Gasteiger partial charge in [-0.3, -0.25) is 9.69 Å². The molecule has 0 saturated carbocycles. The molecule has 6 heteroatoms. The van der Waals surface area contributed by atoms with Crippen LogP contribution in [0.2, 0.25) is 0 Å². The smallest absolute Gasteiger partial charge is 0.266 e. The summed E-state index contributed by atoms with van der Waals surface area (Å²) in [6, 6.07) is 3.94. The van der Waals surface area contributed by atoms with Crippen LogP contribution < -0.4 is 0 Å². The maximum absolute atomic E-state index is 12.0. The first kappa shape index (κ1) is 12.8. The third kappa shape index (κ3) is 2.95. The van der Waals surface area contributed by atoms with Gasteiger partial charge in [0.25, 0.3) is 5.91 Å². The molecule has 2 heterocycles. The molecule has 1 aromatic heterocycles. The Morgan fingerprint density at radius 2 is 2.41 bits per heavy atom. The minimum atomic E-state index is -0.0227. The Morgan fingerprint density at radius 1 is 1.59 bits per heavy atom. The largest absolute Gasteiger partial charge is 0.383 e. The van der Waals surface area contributed by atoms with Crippen molar-refractivity contribution >= 4 is 51.6 Å². The van der Waals surface area contributed by atoms with E-state index in [0.29, 0.717) is 22.4 Å². The predicted molar refractivity (Wildman–Crippen MR) is 76.1 cm³/mol. The second-order valence-electron chi connectivity index (χ2n) is 3.34. The van der Waals surface area contributed by atoms with Gasteiger partial charge in [0.15, 0.2) is 0 Å². The summed E-state index contributed by atoms with van der Waals surface area (Å²) in [5.74, 6) is -0.0227. The molecule has 17 heavy (non-hydrogen) atoms. The molecule has 1 amide bonds. The van der Waals surface area contributed by atoms with Crippen molar-refractivity contribution < 1.29 is 9.53 Å². The summed E-state index contributed by atoms with van der Waals surface area (Å²) in [6.07, 6.45) is 1.89. The Labute approximate surface area is 113 Å². The molecule has 0 aliphatic carbocycles. The molecule has 0 atom stereocenters. The molecule has 0 bridgehead atoms. The van der Waals surface area contributed by atoms with E-state index in [2.05, 4.69) is 0 Å². The fraction of sp³-hybridized carbons (Fsp3) is 0.273. The molecule has 1 aliphatic heterocycles. The number of amides is 1. The average molecular weight is 285 g/mol. The van der Waals surface area contributed by atoms with E-state index in [4.69, 9.17) is 17.0 Å². The minimum Gasteiger partial charge on any atom is -0.383 e. The number of thioether (sulfide) groups is 1. The van der Waals surface area contributed by atoms with Crippen LogP contribution in [0.15, 0.2) is 22.4 Å². The van der Waals surface area contributed by atoms with E-state index in [1.807, 2.05) is 23.6 Å². The van der Waals surface area contributed by atoms with Crippen molar-refractivity contribution in [3.8, 4) is 0 Å². The lowest BCUT2D eigenvalue weighted by molar-refractivity contribution is -0.122. The van der Waals surface area contributed by atoms with Crippen molar-refractivity contribution in [1.29, 1.82) is 0 Å². The Hall–Kier alpha value is -0.690. The van der Waals surface area contributed by atoms with Crippen molar-refractivity contribution in [2.45, 2.75) is 0 Å². The summed E-state index contributed by atoms with van der Waals surface area (Å²) in [7, 11) is 1.61. The number of ether oxygens (including phenoxy) is 1. The van der Waals surface area contributed by atoms with Gasteiger partial charge >= 0.3 is 0 Å². The predicted octanol–water partition coefficient (Wildman–Crippen LogP) is 2.60. The fourth-order valence-corrected chi connectivity index (χ4v) is 3.41. The quantitative estimate of drug-likeness (QED) is 0.628. The first-order valence-corrected chi connectivity index (χ1v) is 7.10. The Morgan fingerprint density at radius 3 is 3.06 bits per heavy atom. The van der Waals surface area contributed by atoms with Crippen molar-refractivity contribution in [2.24, 2.45) is 0 Å². The Kier molecular flexibility index (Phi) is 4.33. The van der Waals surface area contributed by atoms with Crippen LogP contribution in [0.1, 0.15) is 4.88 Å². The summed E-state index contributed by atoms with van der Waals surface area (Å²) in [4.78, 5) is 15.4. The molecule has 0 aromatic carbocycles. The summed E-state index contributed by atoms with van der Waals surface area (Å²) in [5, 5.41) is 1.98. The number of carbonyl (C=O) groups excluding carboxylic acids is 1. The van der Waals surface area contributed by atoms with E-state index in [1.165, 1.54) is 11.8 Å². The molecule has 1 saturated heterocycles. The molecule has 1 aliphatic rings. The van der Waals surface area contributed by atoms with Gasteiger partial charge in [-0.25, -0.2) is 0 Å². The summed E-state index contributed by atoms with van der Waals surface area (Å²) >= 11 is 8.13. The number of thiophene rings is 1. The Bertz CT molecular complexity index is 453. The topological polar surface area (TPSA) is 29.5 Å². The highest BCUT2D eigenvalue weighted by Crippen LogP contribution is 2.32. The van der Waals surface area contributed by atoms with Crippen LogP contribution in [-0.2, 0) is 9.53 Å². The summed E-state index contributed by atoms with van der Waals surface area (Å²) in [6.45, 7) is 1.02. The van der Waals surface area contributed by atoms with E-state index >= 15 is 0 Å². The molecule has 3 nitrogen and oxygen atoms in total. The highest BCUT2D eigenvalue weighted by Gasteiger charge is 2.31. The summed E-state index contributed by atoms with van der Waals surface area (Å²) < 4.78 is 5.57. The van der Waals surface area contributed by atoms with Crippen molar-refractivity contribution in [1.82, 2.24) is 4.90 Å². The third-order valence-corrected chi connectivity index (χ3v) is 4.41. The van der Waals surface area contributed by atoms with Crippen LogP contribution in [-0.4, -0.2) is 35.4 Å². The third-order valence-electron chi connectivity index (χ3n) is 2.21. The fourth-order valence-electron chi connectivity index (χ4n) is 1.38. The number of carbonyl (C=O) groups is 1. The number of nitrogens with zero attached hydrogens (tertiary/aromatic N) is 1. The van der Waals surface area contributed by atoms with Crippen LogP contribution in [0.25, 0.3) is 6.08 Å². The molecule has 90 valence electrons. The van der Waals surface area contributed by atoms with Crippen LogP contribution >= 0.6 is 35.3 Å². The molecule has 1 fully saturated rings. The molecule has 0 spiro atoms. The molecular formula is C11H11NO2S3. The normalized spacial score (nSPS) is 18.4. The zero-order chi connectivity index (χ0) is 12.3. The van der Waals surface area contributed by atoms with Gasteiger partial charge in [-0.05, 0) is 17.5 Å². The van der Waals surface area contributed by atoms with Crippen molar-refractivity contribution in [2.75, 3.05) is 20.3 Å². The molecule has 0 N–H and O–H groups in total. The van der Waals surface area contributed by atoms with Gasteiger partial charge < -0.3 is 4.74 Å².